The number of anilines is 1. The Labute approximate surface area is 163 Å². The molecule has 0 aliphatic carbocycles. The number of hydrogen-bond acceptors (Lipinski definition) is 4. The zero-order valence-corrected chi connectivity index (χ0v) is 17.2. The van der Waals surface area contributed by atoms with Crippen molar-refractivity contribution in [1.29, 1.82) is 5.26 Å². The Kier molecular flexibility index (Phi) is 6.87. The molecule has 27 heavy (non-hydrogen) atoms. The normalized spacial score (nSPS) is 11.3. The zero-order chi connectivity index (χ0) is 20.0. The summed E-state index contributed by atoms with van der Waals surface area (Å²) in [5.74, 6) is 0.612. The average Bonchev–Trinajstić information content (AvgIpc) is 2.60. The summed E-state index contributed by atoms with van der Waals surface area (Å²) in [6.45, 7) is 8.71. The van der Waals surface area contributed by atoms with Gasteiger partial charge in [-0.1, -0.05) is 24.3 Å². The van der Waals surface area contributed by atoms with Gasteiger partial charge in [0.1, 0.15) is 23.0 Å². The first-order chi connectivity index (χ1) is 12.7. The number of ether oxygens (including phenoxy) is 2. The van der Waals surface area contributed by atoms with E-state index in [1.807, 2.05) is 72.1 Å². The predicted molar refractivity (Wildman–Crippen MR) is 111 cm³/mol. The minimum absolute atomic E-state index is 0.198. The maximum Gasteiger partial charge on any atom is 0.138 e. The number of hydrogen-bond donors (Lipinski definition) is 0. The van der Waals surface area contributed by atoms with Crippen LogP contribution in [0.1, 0.15) is 39.7 Å². The van der Waals surface area contributed by atoms with Crippen molar-refractivity contribution in [3.05, 3.63) is 48.0 Å². The molecule has 0 atom stereocenters. The van der Waals surface area contributed by atoms with Crippen molar-refractivity contribution in [3.63, 3.8) is 0 Å². The molecule has 4 nitrogen and oxygen atoms in total. The SMILES string of the molecule is CC(C)OCCC(C)(C)Oc1cccc(-c2ccc(N(C)C)cc2)c1C#N. The molecule has 0 saturated heterocycles. The van der Waals surface area contributed by atoms with Crippen LogP contribution < -0.4 is 9.64 Å². The van der Waals surface area contributed by atoms with Gasteiger partial charge in [0.25, 0.3) is 0 Å². The lowest BCUT2D eigenvalue weighted by molar-refractivity contribution is 0.0230. The minimum Gasteiger partial charge on any atom is -0.486 e. The molecule has 0 saturated carbocycles. The van der Waals surface area contributed by atoms with E-state index >= 15 is 0 Å². The van der Waals surface area contributed by atoms with Gasteiger partial charge >= 0.3 is 0 Å². The van der Waals surface area contributed by atoms with E-state index in [1.165, 1.54) is 0 Å². The molecule has 0 aromatic heterocycles. The van der Waals surface area contributed by atoms with Gasteiger partial charge < -0.3 is 14.4 Å². The van der Waals surface area contributed by atoms with Crippen LogP contribution in [0.2, 0.25) is 0 Å². The van der Waals surface area contributed by atoms with E-state index < -0.39 is 5.60 Å². The number of nitriles is 1. The fourth-order valence-electron chi connectivity index (χ4n) is 2.80. The highest BCUT2D eigenvalue weighted by Crippen LogP contribution is 2.33. The smallest absolute Gasteiger partial charge is 0.138 e. The molecular formula is C23H30N2O2. The van der Waals surface area contributed by atoms with Crippen molar-refractivity contribution >= 4 is 5.69 Å². The van der Waals surface area contributed by atoms with Gasteiger partial charge in [0, 0.05) is 31.8 Å². The summed E-state index contributed by atoms with van der Waals surface area (Å²) in [5, 5.41) is 9.79. The topological polar surface area (TPSA) is 45.5 Å². The standard InChI is InChI=1S/C23H30N2O2/c1-17(2)26-15-14-23(3,4)27-22-9-7-8-20(21(22)16-24)18-10-12-19(13-11-18)25(5)6/h7-13,17H,14-15H2,1-6H3. The number of benzene rings is 2. The van der Waals surface area contributed by atoms with Gasteiger partial charge in [-0.15, -0.1) is 0 Å². The molecule has 2 aromatic rings. The second-order valence-corrected chi connectivity index (χ2v) is 7.76. The molecule has 0 spiro atoms. The summed E-state index contributed by atoms with van der Waals surface area (Å²) in [6.07, 6.45) is 0.946. The Balaban J connectivity index is 2.27. The first kappa shape index (κ1) is 20.8. The fourth-order valence-corrected chi connectivity index (χ4v) is 2.80. The molecule has 0 fully saturated rings. The summed E-state index contributed by atoms with van der Waals surface area (Å²) in [5.41, 5.74) is 3.15. The highest BCUT2D eigenvalue weighted by atomic mass is 16.5. The molecule has 4 heteroatoms. The lowest BCUT2D eigenvalue weighted by Crippen LogP contribution is -2.30. The fraction of sp³-hybridized carbons (Fsp3) is 0.435. The van der Waals surface area contributed by atoms with E-state index in [-0.39, 0.29) is 6.10 Å². The van der Waals surface area contributed by atoms with Gasteiger partial charge in [0.05, 0.1) is 12.7 Å². The maximum atomic E-state index is 9.79. The van der Waals surface area contributed by atoms with Gasteiger partial charge in [0.2, 0.25) is 0 Å². The van der Waals surface area contributed by atoms with Crippen molar-refractivity contribution in [3.8, 4) is 22.9 Å². The lowest BCUT2D eigenvalue weighted by atomic mass is 9.98. The zero-order valence-electron chi connectivity index (χ0n) is 17.2. The summed E-state index contributed by atoms with van der Waals surface area (Å²) >= 11 is 0. The molecule has 2 rings (SSSR count). The summed E-state index contributed by atoms with van der Waals surface area (Å²) in [6, 6.07) is 16.3. The van der Waals surface area contributed by atoms with E-state index in [4.69, 9.17) is 9.47 Å². The van der Waals surface area contributed by atoms with Crippen molar-refractivity contribution in [2.45, 2.75) is 45.8 Å². The molecule has 0 unspecified atom stereocenters. The Bertz CT molecular complexity index is 787. The van der Waals surface area contributed by atoms with E-state index in [0.29, 0.717) is 17.9 Å². The Hall–Kier alpha value is -2.51. The van der Waals surface area contributed by atoms with Gasteiger partial charge in [-0.3, -0.25) is 0 Å². The van der Waals surface area contributed by atoms with Gasteiger partial charge in [-0.25, -0.2) is 0 Å². The van der Waals surface area contributed by atoms with E-state index in [0.717, 1.165) is 23.2 Å². The maximum absolute atomic E-state index is 9.79. The van der Waals surface area contributed by atoms with Crippen LogP contribution in [-0.2, 0) is 4.74 Å². The summed E-state index contributed by atoms with van der Waals surface area (Å²) in [7, 11) is 4.02. The molecule has 0 aliphatic rings. The highest BCUT2D eigenvalue weighted by Gasteiger charge is 2.22. The number of nitrogens with zero attached hydrogens (tertiary/aromatic N) is 2. The van der Waals surface area contributed by atoms with Crippen molar-refractivity contribution < 1.29 is 9.47 Å². The molecular weight excluding hydrogens is 336 g/mol. The van der Waals surface area contributed by atoms with Crippen LogP contribution in [0.25, 0.3) is 11.1 Å². The van der Waals surface area contributed by atoms with Crippen LogP contribution >= 0.6 is 0 Å². The third-order valence-electron chi connectivity index (χ3n) is 4.37. The molecule has 0 bridgehead atoms. The van der Waals surface area contributed by atoms with Crippen molar-refractivity contribution in [2.75, 3.05) is 25.6 Å². The summed E-state index contributed by atoms with van der Waals surface area (Å²) in [4.78, 5) is 2.05. The Morgan fingerprint density at radius 1 is 1.07 bits per heavy atom. The van der Waals surface area contributed by atoms with Gasteiger partial charge in [-0.05, 0) is 51.5 Å². The minimum atomic E-state index is -0.423. The monoisotopic (exact) mass is 366 g/mol. The van der Waals surface area contributed by atoms with Crippen LogP contribution in [0, 0.1) is 11.3 Å². The molecule has 0 amide bonds. The van der Waals surface area contributed by atoms with Crippen molar-refractivity contribution in [1.82, 2.24) is 0 Å². The van der Waals surface area contributed by atoms with Crippen LogP contribution in [0.3, 0.4) is 0 Å². The second-order valence-electron chi connectivity index (χ2n) is 7.76. The second kappa shape index (κ2) is 8.92. The first-order valence-electron chi connectivity index (χ1n) is 9.35. The molecule has 0 aliphatic heterocycles. The van der Waals surface area contributed by atoms with Crippen molar-refractivity contribution in [2.24, 2.45) is 0 Å². The molecule has 0 N–H and O–H groups in total. The highest BCUT2D eigenvalue weighted by molar-refractivity contribution is 5.75. The van der Waals surface area contributed by atoms with Crippen LogP contribution in [0.15, 0.2) is 42.5 Å². The van der Waals surface area contributed by atoms with Crippen LogP contribution in [-0.4, -0.2) is 32.4 Å². The van der Waals surface area contributed by atoms with Gasteiger partial charge in [0.15, 0.2) is 0 Å². The largest absolute Gasteiger partial charge is 0.486 e. The van der Waals surface area contributed by atoms with Gasteiger partial charge in [-0.2, -0.15) is 5.26 Å². The number of rotatable bonds is 8. The van der Waals surface area contributed by atoms with Crippen LogP contribution in [0.5, 0.6) is 5.75 Å². The quantitative estimate of drug-likeness (QED) is 0.639. The third-order valence-corrected chi connectivity index (χ3v) is 4.37. The average molecular weight is 367 g/mol. The Morgan fingerprint density at radius 2 is 1.74 bits per heavy atom. The van der Waals surface area contributed by atoms with E-state index in [9.17, 15) is 5.26 Å². The Morgan fingerprint density at radius 3 is 2.30 bits per heavy atom. The molecule has 144 valence electrons. The molecule has 0 radical (unpaired) electrons. The van der Waals surface area contributed by atoms with Crippen LogP contribution in [0.4, 0.5) is 5.69 Å². The predicted octanol–water partition coefficient (Wildman–Crippen LogP) is 5.26. The third kappa shape index (κ3) is 5.74. The van der Waals surface area contributed by atoms with E-state index in [2.05, 4.69) is 23.1 Å². The molecule has 2 aromatic carbocycles. The van der Waals surface area contributed by atoms with E-state index in [1.54, 1.807) is 0 Å². The summed E-state index contributed by atoms with van der Waals surface area (Å²) < 4.78 is 11.9. The molecule has 0 heterocycles. The lowest BCUT2D eigenvalue weighted by Gasteiger charge is -2.28. The first-order valence-corrected chi connectivity index (χ1v) is 9.35.